The summed E-state index contributed by atoms with van der Waals surface area (Å²) in [6.45, 7) is 2.01. The smallest absolute Gasteiger partial charge is 0.326 e. The Morgan fingerprint density at radius 2 is 1.81 bits per heavy atom. The Labute approximate surface area is 185 Å². The molecule has 162 valence electrons. The van der Waals surface area contributed by atoms with Crippen molar-refractivity contribution < 1.29 is 9.59 Å². The topological polar surface area (TPSA) is 94.3 Å². The van der Waals surface area contributed by atoms with Gasteiger partial charge in [-0.1, -0.05) is 24.3 Å². The van der Waals surface area contributed by atoms with Gasteiger partial charge in [-0.15, -0.1) is 0 Å². The van der Waals surface area contributed by atoms with E-state index < -0.39 is 0 Å². The zero-order chi connectivity index (χ0) is 22.2. The molecular formula is C24H24N6O2. The maximum atomic E-state index is 13.1. The van der Waals surface area contributed by atoms with Crippen LogP contribution in [0.3, 0.4) is 0 Å². The van der Waals surface area contributed by atoms with E-state index in [-0.39, 0.29) is 17.4 Å². The Bertz CT molecular complexity index is 1260. The Kier molecular flexibility index (Phi) is 4.97. The number of carbonyl (C=O) groups is 2. The molecule has 2 amide bonds. The largest absolute Gasteiger partial charge is 0.340 e. The maximum Gasteiger partial charge on any atom is 0.326 e. The summed E-state index contributed by atoms with van der Waals surface area (Å²) >= 11 is 0. The second-order valence-electron chi connectivity index (χ2n) is 8.09. The van der Waals surface area contributed by atoms with Crippen LogP contribution in [-0.4, -0.2) is 40.0 Å². The Hall–Kier alpha value is -3.94. The van der Waals surface area contributed by atoms with E-state index >= 15 is 0 Å². The van der Waals surface area contributed by atoms with E-state index in [0.717, 1.165) is 36.5 Å². The van der Waals surface area contributed by atoms with Crippen molar-refractivity contribution in [3.8, 4) is 0 Å². The molecule has 3 aromatic rings. The number of hydrogen-bond donors (Lipinski definition) is 2. The fraction of sp³-hybridized carbons (Fsp3) is 0.250. The quantitative estimate of drug-likeness (QED) is 0.656. The molecule has 8 nitrogen and oxygen atoms in total. The summed E-state index contributed by atoms with van der Waals surface area (Å²) in [5, 5.41) is 10.7. The predicted octanol–water partition coefficient (Wildman–Crippen LogP) is 2.79. The molecule has 1 aromatic carbocycles. The number of carbonyl (C=O) groups excluding carboxylic acids is 2. The van der Waals surface area contributed by atoms with Crippen LogP contribution in [0.5, 0.6) is 0 Å². The van der Waals surface area contributed by atoms with Crippen LogP contribution in [0.15, 0.2) is 54.9 Å². The number of fused-ring (bicyclic) bond motifs is 2. The summed E-state index contributed by atoms with van der Waals surface area (Å²) < 4.78 is 1.25. The molecule has 0 spiro atoms. The highest BCUT2D eigenvalue weighted by molar-refractivity contribution is 5.95. The molecule has 0 saturated heterocycles. The lowest BCUT2D eigenvalue weighted by Gasteiger charge is -2.30. The summed E-state index contributed by atoms with van der Waals surface area (Å²) in [5.74, 6) is 0.794. The van der Waals surface area contributed by atoms with Gasteiger partial charge in [0.2, 0.25) is 0 Å². The van der Waals surface area contributed by atoms with Crippen LogP contribution in [0.1, 0.15) is 33.5 Å². The molecule has 0 fully saturated rings. The molecule has 32 heavy (non-hydrogen) atoms. The van der Waals surface area contributed by atoms with Crippen LogP contribution in [0.2, 0.25) is 0 Å². The summed E-state index contributed by atoms with van der Waals surface area (Å²) in [6.07, 6.45) is 5.00. The van der Waals surface area contributed by atoms with Gasteiger partial charge in [0, 0.05) is 50.8 Å². The summed E-state index contributed by atoms with van der Waals surface area (Å²) in [6, 6.07) is 13.2. The van der Waals surface area contributed by atoms with Crippen molar-refractivity contribution in [1.82, 2.24) is 19.8 Å². The Morgan fingerprint density at radius 3 is 2.50 bits per heavy atom. The number of amides is 2. The van der Waals surface area contributed by atoms with Crippen molar-refractivity contribution in [1.29, 1.82) is 5.41 Å². The summed E-state index contributed by atoms with van der Waals surface area (Å²) in [4.78, 5) is 33.6. The number of hydrogen-bond acceptors (Lipinski definition) is 5. The second kappa shape index (κ2) is 7.96. The van der Waals surface area contributed by atoms with E-state index in [9.17, 15) is 9.59 Å². The van der Waals surface area contributed by atoms with Gasteiger partial charge in [-0.05, 0) is 41.7 Å². The van der Waals surface area contributed by atoms with Crippen LogP contribution in [-0.2, 0) is 19.5 Å². The first kappa shape index (κ1) is 20.0. The van der Waals surface area contributed by atoms with Gasteiger partial charge < -0.3 is 15.1 Å². The zero-order valence-electron chi connectivity index (χ0n) is 17.8. The molecule has 0 saturated carbocycles. The van der Waals surface area contributed by atoms with Crippen LogP contribution in [0.25, 0.3) is 0 Å². The minimum Gasteiger partial charge on any atom is -0.340 e. The molecular weight excluding hydrogens is 404 g/mol. The van der Waals surface area contributed by atoms with Crippen LogP contribution in [0.4, 0.5) is 16.3 Å². The normalized spacial score (nSPS) is 14.7. The van der Waals surface area contributed by atoms with Crippen LogP contribution < -0.4 is 15.7 Å². The zero-order valence-corrected chi connectivity index (χ0v) is 17.8. The van der Waals surface area contributed by atoms with Crippen molar-refractivity contribution in [3.63, 3.8) is 0 Å². The van der Waals surface area contributed by atoms with E-state index in [0.29, 0.717) is 18.7 Å². The number of rotatable bonds is 2. The number of benzene rings is 1. The number of aromatic nitrogens is 2. The molecule has 0 bridgehead atoms. The number of nitrogens with zero attached hydrogens (tertiary/aromatic N) is 4. The number of anilines is 2. The third-order valence-corrected chi connectivity index (χ3v) is 6.08. The Morgan fingerprint density at radius 1 is 1.06 bits per heavy atom. The van der Waals surface area contributed by atoms with Gasteiger partial charge in [0.05, 0.1) is 5.56 Å². The SMILES string of the molecule is CNC(=O)n1ccc(N2CCCc3cc(C(=O)N4Cc5ccccc5C4)cnc32)cc1=N. The highest BCUT2D eigenvalue weighted by atomic mass is 16.2. The van der Waals surface area contributed by atoms with E-state index in [2.05, 4.69) is 22.4 Å². The fourth-order valence-corrected chi connectivity index (χ4v) is 4.45. The van der Waals surface area contributed by atoms with Crippen LogP contribution >= 0.6 is 0 Å². The van der Waals surface area contributed by atoms with Gasteiger partial charge in [-0.25, -0.2) is 9.78 Å². The van der Waals surface area contributed by atoms with Gasteiger partial charge in [-0.2, -0.15) is 0 Å². The van der Waals surface area contributed by atoms with Crippen LogP contribution in [0, 0.1) is 5.41 Å². The molecule has 8 heteroatoms. The molecule has 0 atom stereocenters. The first-order valence-corrected chi connectivity index (χ1v) is 10.7. The molecule has 0 aliphatic carbocycles. The maximum absolute atomic E-state index is 13.1. The average molecular weight is 428 g/mol. The van der Waals surface area contributed by atoms with Crippen molar-refractivity contribution in [2.75, 3.05) is 18.5 Å². The van der Waals surface area contributed by atoms with Crippen molar-refractivity contribution in [2.45, 2.75) is 25.9 Å². The van der Waals surface area contributed by atoms with Gasteiger partial charge in [0.1, 0.15) is 11.3 Å². The third-order valence-electron chi connectivity index (χ3n) is 6.08. The van der Waals surface area contributed by atoms with Gasteiger partial charge in [0.15, 0.2) is 0 Å². The first-order valence-electron chi connectivity index (χ1n) is 10.7. The summed E-state index contributed by atoms with van der Waals surface area (Å²) in [5.41, 5.74) is 4.91. The van der Waals surface area contributed by atoms with Gasteiger partial charge in [-0.3, -0.25) is 14.8 Å². The lowest BCUT2D eigenvalue weighted by atomic mass is 10.0. The van der Waals surface area contributed by atoms with Crippen molar-refractivity contribution in [2.24, 2.45) is 0 Å². The minimum absolute atomic E-state index is 0.00611. The molecule has 5 rings (SSSR count). The monoisotopic (exact) mass is 428 g/mol. The van der Waals surface area contributed by atoms with Crippen molar-refractivity contribution in [3.05, 3.63) is 82.6 Å². The second-order valence-corrected chi connectivity index (χ2v) is 8.09. The lowest BCUT2D eigenvalue weighted by molar-refractivity contribution is 0.0751. The van der Waals surface area contributed by atoms with Crippen molar-refractivity contribution >= 4 is 23.4 Å². The van der Waals surface area contributed by atoms with E-state index in [4.69, 9.17) is 5.41 Å². The fourth-order valence-electron chi connectivity index (χ4n) is 4.45. The third kappa shape index (κ3) is 3.43. The predicted molar refractivity (Wildman–Crippen MR) is 120 cm³/mol. The lowest BCUT2D eigenvalue weighted by Crippen LogP contribution is -2.34. The molecule has 2 aromatic heterocycles. The molecule has 2 aliphatic rings. The first-order chi connectivity index (χ1) is 15.5. The van der Waals surface area contributed by atoms with E-state index in [1.807, 2.05) is 34.1 Å². The standard InChI is InChI=1S/C24H24N6O2/c1-26-24(32)30-10-8-20(12-21(30)25)29-9-4-7-16-11-19(13-27-22(16)29)23(31)28-14-17-5-2-3-6-18(17)15-28/h2-3,5-6,8,10-13,25H,4,7,9,14-15H2,1H3,(H,26,32). The summed E-state index contributed by atoms with van der Waals surface area (Å²) in [7, 11) is 1.53. The molecule has 0 unspecified atom stereocenters. The molecule has 4 heterocycles. The van der Waals surface area contributed by atoms with E-state index in [1.54, 1.807) is 18.5 Å². The molecule has 2 aliphatic heterocycles. The highest BCUT2D eigenvalue weighted by Gasteiger charge is 2.26. The molecule has 0 radical (unpaired) electrons. The number of pyridine rings is 2. The van der Waals surface area contributed by atoms with Gasteiger partial charge in [0.25, 0.3) is 5.91 Å². The van der Waals surface area contributed by atoms with Gasteiger partial charge >= 0.3 is 6.03 Å². The minimum atomic E-state index is -0.356. The molecule has 2 N–H and O–H groups in total. The number of nitrogens with one attached hydrogen (secondary N) is 2. The average Bonchev–Trinajstić information content (AvgIpc) is 3.26. The Balaban J connectivity index is 1.41. The van der Waals surface area contributed by atoms with E-state index in [1.165, 1.54) is 22.7 Å². The highest BCUT2D eigenvalue weighted by Crippen LogP contribution is 2.32. The number of aryl methyl sites for hydroxylation is 1.